The predicted octanol–water partition coefficient (Wildman–Crippen LogP) is 15.5. The van der Waals surface area contributed by atoms with Gasteiger partial charge in [0, 0.05) is 105 Å². The van der Waals surface area contributed by atoms with Crippen molar-refractivity contribution in [1.29, 1.82) is 0 Å². The van der Waals surface area contributed by atoms with Gasteiger partial charge in [-0.3, -0.25) is 9.59 Å². The van der Waals surface area contributed by atoms with Crippen molar-refractivity contribution in [3.8, 4) is 28.5 Å². The number of rotatable bonds is 2. The third-order valence-corrected chi connectivity index (χ3v) is 16.4. The molecule has 370 valence electrons. The highest BCUT2D eigenvalue weighted by Gasteiger charge is 2.28. The molecule has 5 aromatic carbocycles. The molecule has 11 aromatic rings. The van der Waals surface area contributed by atoms with Gasteiger partial charge in [0.1, 0.15) is 0 Å². The lowest BCUT2D eigenvalue weighted by molar-refractivity contribution is 0.0967. The second-order valence-corrected chi connectivity index (χ2v) is 23.0. The first-order chi connectivity index (χ1) is 35.9. The van der Waals surface area contributed by atoms with Crippen LogP contribution < -0.4 is 0 Å². The number of Topliss-reactive ketones (excluding diaryl/α,β-unsaturated/α-hetero) is 2. The fraction of sp³-hybridized carbons (Fsp3) is 0.186. The van der Waals surface area contributed by atoms with E-state index in [1.807, 2.05) is 74.0 Å². The number of allylic oxidation sites excluding steroid dienone is 1. The lowest BCUT2D eigenvalue weighted by Gasteiger charge is -2.16. The maximum atomic E-state index is 12.5. The van der Waals surface area contributed by atoms with Crippen molar-refractivity contribution in [2.45, 2.75) is 57.8 Å². The number of aromatic nitrogens is 7. The minimum absolute atomic E-state index is 0.127. The predicted molar refractivity (Wildman–Crippen MR) is 309 cm³/mol. The number of halogens is 4. The van der Waals surface area contributed by atoms with Gasteiger partial charge in [-0.1, -0.05) is 87.1 Å². The fourth-order valence-electron chi connectivity index (χ4n) is 11.0. The fourth-order valence-corrected chi connectivity index (χ4v) is 12.5. The molecule has 74 heavy (non-hydrogen) atoms. The van der Waals surface area contributed by atoms with Crippen molar-refractivity contribution in [3.05, 3.63) is 190 Å². The third-order valence-electron chi connectivity index (χ3n) is 14.4. The number of carbonyl (C=O) groups excluding carboxylic acids is 2. The summed E-state index contributed by atoms with van der Waals surface area (Å²) >= 11 is 14.1. The van der Waals surface area contributed by atoms with Crippen molar-refractivity contribution in [1.82, 2.24) is 39.8 Å². The average Bonchev–Trinajstić information content (AvgIpc) is 4.28. The molecule has 15 rings (SSSR count). The van der Waals surface area contributed by atoms with Crippen LogP contribution >= 0.6 is 63.7 Å². The number of para-hydroxylation sites is 1. The normalized spacial score (nSPS) is 14.8. The summed E-state index contributed by atoms with van der Waals surface area (Å²) in [7, 11) is 3.89. The minimum Gasteiger partial charge on any atom is -0.383 e. The summed E-state index contributed by atoms with van der Waals surface area (Å²) in [4.78, 5) is 39.6. The first kappa shape index (κ1) is 48.4. The number of hydrogen-bond acceptors (Lipinski definition) is 6. The van der Waals surface area contributed by atoms with Gasteiger partial charge in [-0.25, -0.2) is 4.68 Å². The number of ketones is 2. The van der Waals surface area contributed by atoms with E-state index in [0.29, 0.717) is 6.42 Å². The Kier molecular flexibility index (Phi) is 13.1. The minimum atomic E-state index is 0.127. The molecule has 0 radical (unpaired) electrons. The van der Waals surface area contributed by atoms with Gasteiger partial charge in [0.25, 0.3) is 0 Å². The van der Waals surface area contributed by atoms with Gasteiger partial charge in [-0.15, -0.1) is 0 Å². The van der Waals surface area contributed by atoms with Crippen LogP contribution in [0.5, 0.6) is 0 Å². The number of aryl methyl sites for hydroxylation is 6. The third kappa shape index (κ3) is 9.05. The van der Waals surface area contributed by atoms with Gasteiger partial charge < -0.3 is 29.4 Å². The van der Waals surface area contributed by atoms with Crippen molar-refractivity contribution < 1.29 is 14.1 Å². The number of nitrogens with zero attached hydrogens (tertiary/aromatic N) is 4. The molecule has 0 fully saturated rings. The second-order valence-electron chi connectivity index (χ2n) is 19.3. The van der Waals surface area contributed by atoms with Crippen LogP contribution in [0, 0.1) is 0 Å². The molecule has 0 bridgehead atoms. The molecule has 6 heterocycles. The first-order valence-corrected chi connectivity index (χ1v) is 27.8. The van der Waals surface area contributed by atoms with Gasteiger partial charge in [0.05, 0.1) is 46.6 Å². The van der Waals surface area contributed by atoms with Crippen molar-refractivity contribution in [2.24, 2.45) is 0 Å². The van der Waals surface area contributed by atoms with Crippen LogP contribution in [-0.4, -0.2) is 65.4 Å². The number of nitrogens with one attached hydrogen (secondary N) is 4. The molecule has 0 saturated carbocycles. The van der Waals surface area contributed by atoms with E-state index in [-0.39, 0.29) is 11.6 Å². The number of carbonyl (C=O) groups is 2. The average molecular weight is 1240 g/mol. The van der Waals surface area contributed by atoms with Crippen LogP contribution in [0.2, 0.25) is 0 Å². The summed E-state index contributed by atoms with van der Waals surface area (Å²) in [5, 5.41) is 13.5. The Balaban J connectivity index is 0.000000101. The van der Waals surface area contributed by atoms with Crippen LogP contribution in [0.1, 0.15) is 73.6 Å². The molecule has 11 nitrogen and oxygen atoms in total. The van der Waals surface area contributed by atoms with E-state index >= 15 is 0 Å². The van der Waals surface area contributed by atoms with E-state index < -0.39 is 0 Å². The largest absolute Gasteiger partial charge is 0.383 e. The molecule has 0 unspecified atom stereocenters. The molecular formula is C59H48Br4N8O3. The van der Waals surface area contributed by atoms with E-state index in [1.165, 1.54) is 60.9 Å². The summed E-state index contributed by atoms with van der Waals surface area (Å²) in [5.74, 6) is 1.28. The molecule has 0 amide bonds. The standard InChI is InChI=1S/C19H14BrN3.C15H15BrN2O.C13H9BrN2O.C12H10BrNO/c20-13-7-9-17-16(10-13)15-8-6-12-11-21-23(19(12)18(15)22-17)14-4-2-1-3-5-14;1-18(2)8-9-3-5-11-12-7-10(16)4-6-13(12)17-14(11)15(9)19;14-8-2-4-11-10(5-8)9-3-1-7-6-15-17-13(7)12(9)16-11;13-7-4-5-10-9(6-7)8-2-1-3-11(15)12(8)14-10/h1-5,7,9-11,22H,6,8H2;4,6-8,17H,3,5H2,1-2H3;2,4-6,16H,1,3H2;4-6,14H,1-3H2/b;9-8-;;. The van der Waals surface area contributed by atoms with Crippen LogP contribution in [0.3, 0.4) is 0 Å². The number of aromatic amines is 4. The highest BCUT2D eigenvalue weighted by molar-refractivity contribution is 9.11. The van der Waals surface area contributed by atoms with Crippen LogP contribution in [0.25, 0.3) is 72.1 Å². The summed E-state index contributed by atoms with van der Waals surface area (Å²) in [5.41, 5.74) is 19.1. The van der Waals surface area contributed by atoms with Crippen molar-refractivity contribution in [3.63, 3.8) is 0 Å². The first-order valence-electron chi connectivity index (χ1n) is 24.7. The zero-order valence-corrected chi connectivity index (χ0v) is 46.8. The lowest BCUT2D eigenvalue weighted by atomic mass is 9.91. The van der Waals surface area contributed by atoms with Crippen molar-refractivity contribution >= 4 is 119 Å². The van der Waals surface area contributed by atoms with E-state index in [2.05, 4.69) is 165 Å². The molecule has 4 N–H and O–H groups in total. The Bertz CT molecular complexity index is 4040. The smallest absolute Gasteiger partial charge is 0.206 e. The topological polar surface area (TPSA) is 144 Å². The SMILES string of the molecule is Brc1ccc2[nH]c3c(c2c1)CCc1cnn(-c2ccccc2)c1-3.Brc1ccc2[nH]c3c(c2c1)CCc1cnoc1-3.CN(C)/C=C1/CCc2c([nH]c3ccc(Br)cc23)C1=O.O=C1CCCc2c1[nH]c1ccc(Br)cc21. The molecule has 0 aliphatic heterocycles. The summed E-state index contributed by atoms with van der Waals surface area (Å²) in [6.45, 7) is 0. The zero-order valence-electron chi connectivity index (χ0n) is 40.4. The molecule has 0 spiro atoms. The van der Waals surface area contributed by atoms with E-state index in [9.17, 15) is 9.59 Å². The lowest BCUT2D eigenvalue weighted by Crippen LogP contribution is -2.16. The maximum Gasteiger partial charge on any atom is 0.206 e. The summed E-state index contributed by atoms with van der Waals surface area (Å²) in [6, 6.07) is 35.2. The van der Waals surface area contributed by atoms with Crippen molar-refractivity contribution in [2.75, 3.05) is 14.1 Å². The summed E-state index contributed by atoms with van der Waals surface area (Å²) < 4.78 is 11.7. The van der Waals surface area contributed by atoms with Crippen LogP contribution in [-0.2, 0) is 38.5 Å². The maximum absolute atomic E-state index is 12.5. The Labute approximate surface area is 459 Å². The quantitative estimate of drug-likeness (QED) is 0.127. The number of fused-ring (bicyclic) bond motifs is 16. The molecule has 4 aliphatic carbocycles. The van der Waals surface area contributed by atoms with Gasteiger partial charge in [0.2, 0.25) is 5.78 Å². The van der Waals surface area contributed by atoms with E-state index in [4.69, 9.17) is 4.52 Å². The van der Waals surface area contributed by atoms with Gasteiger partial charge in [-0.2, -0.15) is 5.10 Å². The highest BCUT2D eigenvalue weighted by atomic mass is 79.9. The van der Waals surface area contributed by atoms with Crippen LogP contribution in [0.4, 0.5) is 0 Å². The zero-order chi connectivity index (χ0) is 50.8. The van der Waals surface area contributed by atoms with Gasteiger partial charge >= 0.3 is 0 Å². The number of hydrogen-bond donors (Lipinski definition) is 4. The van der Waals surface area contributed by atoms with E-state index in [0.717, 1.165) is 131 Å². The van der Waals surface area contributed by atoms with E-state index in [1.54, 1.807) is 0 Å². The monoisotopic (exact) mass is 1230 g/mol. The molecule has 6 aromatic heterocycles. The van der Waals surface area contributed by atoms with Gasteiger partial charge in [0.15, 0.2) is 11.5 Å². The van der Waals surface area contributed by atoms with Crippen LogP contribution in [0.15, 0.2) is 150 Å². The Hall–Kier alpha value is -6.52. The summed E-state index contributed by atoms with van der Waals surface area (Å²) in [6.07, 6.45) is 14.3. The molecule has 15 heteroatoms. The number of H-pyrrole nitrogens is 4. The Morgan fingerprint density at radius 2 is 1.04 bits per heavy atom. The number of benzene rings is 5. The second kappa shape index (κ2) is 20.0. The highest BCUT2D eigenvalue weighted by Crippen LogP contribution is 2.41. The molecule has 0 atom stereocenters. The molecular weight excluding hydrogens is 1190 g/mol. The molecule has 0 saturated heterocycles. The Morgan fingerprint density at radius 1 is 0.541 bits per heavy atom. The Morgan fingerprint density at radius 3 is 1.64 bits per heavy atom. The molecule has 4 aliphatic rings. The van der Waals surface area contributed by atoms with Gasteiger partial charge in [-0.05, 0) is 159 Å².